The van der Waals surface area contributed by atoms with Crippen LogP contribution in [0.4, 0.5) is 0 Å². The van der Waals surface area contributed by atoms with Gasteiger partial charge in [0.1, 0.15) is 0 Å². The van der Waals surface area contributed by atoms with Crippen LogP contribution >= 0.6 is 0 Å². The van der Waals surface area contributed by atoms with E-state index in [1.807, 2.05) is 6.07 Å². The maximum Gasteiger partial charge on any atom is 0.176 e. The number of aryl methyl sites for hydroxylation is 1. The average Bonchev–Trinajstić information content (AvgIpc) is 2.95. The highest BCUT2D eigenvalue weighted by molar-refractivity contribution is 5.13. The van der Waals surface area contributed by atoms with Crippen molar-refractivity contribution in [1.82, 2.24) is 25.5 Å². The second kappa shape index (κ2) is 5.58. The summed E-state index contributed by atoms with van der Waals surface area (Å²) in [4.78, 5) is 1.47. The van der Waals surface area contributed by atoms with E-state index in [2.05, 4.69) is 27.7 Å². The number of aromatic nitrogens is 4. The molecule has 0 spiro atoms. The highest BCUT2D eigenvalue weighted by Gasteiger charge is 2.15. The molecule has 2 aromatic rings. The monoisotopic (exact) mass is 235 g/mol. The maximum absolute atomic E-state index is 5.12. The predicted molar refractivity (Wildman–Crippen MR) is 62.2 cm³/mol. The molecule has 17 heavy (non-hydrogen) atoms. The zero-order valence-electron chi connectivity index (χ0n) is 10.1. The Bertz CT molecular complexity index is 436. The molecule has 0 saturated heterocycles. The molecule has 0 aliphatic carbocycles. The minimum atomic E-state index is 0.179. The molecule has 0 amide bonds. The summed E-state index contributed by atoms with van der Waals surface area (Å²) in [5.74, 6) is 0.738. The van der Waals surface area contributed by atoms with Crippen LogP contribution in [0.1, 0.15) is 30.8 Å². The molecule has 2 aromatic heterocycles. The van der Waals surface area contributed by atoms with Crippen LogP contribution in [0.3, 0.4) is 0 Å². The smallest absolute Gasteiger partial charge is 0.176 e. The zero-order valence-corrected chi connectivity index (χ0v) is 10.1. The van der Waals surface area contributed by atoms with Crippen molar-refractivity contribution in [1.29, 1.82) is 0 Å². The predicted octanol–water partition coefficient (Wildman–Crippen LogP) is 1.09. The minimum absolute atomic E-state index is 0.179. The fourth-order valence-electron chi connectivity index (χ4n) is 1.69. The molecule has 0 aromatic carbocycles. The van der Waals surface area contributed by atoms with E-state index < -0.39 is 0 Å². The van der Waals surface area contributed by atoms with Gasteiger partial charge in [-0.25, -0.2) is 0 Å². The number of nitrogens with zero attached hydrogens (tertiary/aromatic N) is 4. The van der Waals surface area contributed by atoms with Crippen LogP contribution in [0.5, 0.6) is 0 Å². The standard InChI is InChI=1S/C11H17N5O/c1-3-5-12-10(9-4-6-17-8-9)7-11-13-15-16(2)14-11/h4,6,8,10,12H,3,5,7H2,1-2H3. The highest BCUT2D eigenvalue weighted by Crippen LogP contribution is 2.16. The van der Waals surface area contributed by atoms with E-state index in [-0.39, 0.29) is 6.04 Å². The first kappa shape index (κ1) is 11.8. The van der Waals surface area contributed by atoms with Gasteiger partial charge in [-0.15, -0.1) is 10.2 Å². The molecule has 1 atom stereocenters. The van der Waals surface area contributed by atoms with Crippen molar-refractivity contribution >= 4 is 0 Å². The van der Waals surface area contributed by atoms with E-state index in [0.717, 1.165) is 24.4 Å². The quantitative estimate of drug-likeness (QED) is 0.811. The number of rotatable bonds is 6. The molecule has 6 heteroatoms. The summed E-state index contributed by atoms with van der Waals surface area (Å²) in [6, 6.07) is 2.14. The molecule has 0 aliphatic rings. The molecule has 0 aliphatic heterocycles. The first-order valence-electron chi connectivity index (χ1n) is 5.78. The molecule has 2 heterocycles. The lowest BCUT2D eigenvalue weighted by atomic mass is 10.1. The Morgan fingerprint density at radius 1 is 1.53 bits per heavy atom. The third kappa shape index (κ3) is 3.13. The third-order valence-electron chi connectivity index (χ3n) is 2.52. The van der Waals surface area contributed by atoms with Crippen LogP contribution < -0.4 is 5.32 Å². The molecule has 1 unspecified atom stereocenters. The lowest BCUT2D eigenvalue weighted by Crippen LogP contribution is -2.24. The summed E-state index contributed by atoms with van der Waals surface area (Å²) in [5.41, 5.74) is 1.12. The molecule has 6 nitrogen and oxygen atoms in total. The molecule has 0 radical (unpaired) electrons. The van der Waals surface area contributed by atoms with E-state index in [1.54, 1.807) is 19.6 Å². The molecular weight excluding hydrogens is 218 g/mol. The van der Waals surface area contributed by atoms with Crippen LogP contribution in [0, 0.1) is 0 Å². The average molecular weight is 235 g/mol. The van der Waals surface area contributed by atoms with Crippen LogP contribution in [0.25, 0.3) is 0 Å². The van der Waals surface area contributed by atoms with Crippen LogP contribution in [-0.2, 0) is 13.5 Å². The summed E-state index contributed by atoms with van der Waals surface area (Å²) in [7, 11) is 1.77. The Labute approximate surface area is 100 Å². The molecule has 0 bridgehead atoms. The Morgan fingerprint density at radius 2 is 2.41 bits per heavy atom. The van der Waals surface area contributed by atoms with Crippen molar-refractivity contribution < 1.29 is 4.42 Å². The SMILES string of the molecule is CCCNC(Cc1nnn(C)n1)c1ccoc1. The first-order chi connectivity index (χ1) is 8.29. The molecule has 0 saturated carbocycles. The van der Waals surface area contributed by atoms with Crippen molar-refractivity contribution in [3.8, 4) is 0 Å². The normalized spacial score (nSPS) is 12.8. The van der Waals surface area contributed by atoms with Gasteiger partial charge in [0.15, 0.2) is 5.82 Å². The van der Waals surface area contributed by atoms with Crippen molar-refractivity contribution in [3.63, 3.8) is 0 Å². The Kier molecular flexibility index (Phi) is 3.87. The van der Waals surface area contributed by atoms with Gasteiger partial charge in [-0.3, -0.25) is 0 Å². The van der Waals surface area contributed by atoms with Crippen LogP contribution in [0.2, 0.25) is 0 Å². The third-order valence-corrected chi connectivity index (χ3v) is 2.52. The fourth-order valence-corrected chi connectivity index (χ4v) is 1.69. The maximum atomic E-state index is 5.12. The summed E-state index contributed by atoms with van der Waals surface area (Å²) in [5, 5.41) is 15.5. The van der Waals surface area contributed by atoms with E-state index >= 15 is 0 Å². The fraction of sp³-hybridized carbons (Fsp3) is 0.545. The molecule has 92 valence electrons. The summed E-state index contributed by atoms with van der Waals surface area (Å²) in [6.45, 7) is 3.09. The van der Waals surface area contributed by atoms with Gasteiger partial charge in [-0.2, -0.15) is 4.80 Å². The Morgan fingerprint density at radius 3 is 3.00 bits per heavy atom. The molecule has 1 N–H and O–H groups in total. The van der Waals surface area contributed by atoms with E-state index in [1.165, 1.54) is 4.80 Å². The van der Waals surface area contributed by atoms with Gasteiger partial charge >= 0.3 is 0 Å². The Balaban J connectivity index is 2.05. The van der Waals surface area contributed by atoms with E-state index in [4.69, 9.17) is 4.42 Å². The second-order valence-electron chi connectivity index (χ2n) is 3.96. The second-order valence-corrected chi connectivity index (χ2v) is 3.96. The Hall–Kier alpha value is -1.69. The number of hydrogen-bond acceptors (Lipinski definition) is 5. The van der Waals surface area contributed by atoms with Gasteiger partial charge < -0.3 is 9.73 Å². The summed E-state index contributed by atoms with van der Waals surface area (Å²) < 4.78 is 5.12. The van der Waals surface area contributed by atoms with Crippen molar-refractivity contribution in [2.24, 2.45) is 7.05 Å². The number of nitrogens with one attached hydrogen (secondary N) is 1. The van der Waals surface area contributed by atoms with Gasteiger partial charge in [0.2, 0.25) is 0 Å². The van der Waals surface area contributed by atoms with Gasteiger partial charge in [-0.1, -0.05) is 6.92 Å². The molecular formula is C11H17N5O. The van der Waals surface area contributed by atoms with Crippen molar-refractivity contribution in [3.05, 3.63) is 30.0 Å². The van der Waals surface area contributed by atoms with Crippen molar-refractivity contribution in [2.75, 3.05) is 6.54 Å². The summed E-state index contributed by atoms with van der Waals surface area (Å²) >= 11 is 0. The van der Waals surface area contributed by atoms with Crippen LogP contribution in [0.15, 0.2) is 23.0 Å². The van der Waals surface area contributed by atoms with Gasteiger partial charge in [-0.05, 0) is 24.2 Å². The lowest BCUT2D eigenvalue weighted by Gasteiger charge is -2.14. The number of furan rings is 1. The zero-order chi connectivity index (χ0) is 12.1. The number of tetrazole rings is 1. The van der Waals surface area contributed by atoms with Gasteiger partial charge in [0.05, 0.1) is 19.6 Å². The van der Waals surface area contributed by atoms with Gasteiger partial charge in [0, 0.05) is 18.0 Å². The molecule has 0 fully saturated rings. The van der Waals surface area contributed by atoms with E-state index in [0.29, 0.717) is 6.42 Å². The topological polar surface area (TPSA) is 68.8 Å². The first-order valence-corrected chi connectivity index (χ1v) is 5.78. The van der Waals surface area contributed by atoms with Crippen molar-refractivity contribution in [2.45, 2.75) is 25.8 Å². The number of hydrogen-bond donors (Lipinski definition) is 1. The summed E-state index contributed by atoms with van der Waals surface area (Å²) in [6.07, 6.45) is 5.24. The van der Waals surface area contributed by atoms with E-state index in [9.17, 15) is 0 Å². The highest BCUT2D eigenvalue weighted by atomic mass is 16.3. The largest absolute Gasteiger partial charge is 0.472 e. The van der Waals surface area contributed by atoms with Crippen LogP contribution in [-0.4, -0.2) is 26.8 Å². The van der Waals surface area contributed by atoms with Gasteiger partial charge in [0.25, 0.3) is 0 Å². The lowest BCUT2D eigenvalue weighted by molar-refractivity contribution is 0.503. The minimum Gasteiger partial charge on any atom is -0.472 e. The molecule has 2 rings (SSSR count).